The molecule has 1 atom stereocenters. The zero-order valence-corrected chi connectivity index (χ0v) is 12.1. The Morgan fingerprint density at radius 2 is 1.57 bits per heavy atom. The smallest absolute Gasteiger partial charge is 0.323 e. The van der Waals surface area contributed by atoms with E-state index in [0.29, 0.717) is 0 Å². The van der Waals surface area contributed by atoms with Gasteiger partial charge in [0.05, 0.1) is 13.2 Å². The Morgan fingerprint density at radius 3 is 1.95 bits per heavy atom. The van der Waals surface area contributed by atoms with Crippen molar-refractivity contribution >= 4 is 5.97 Å². The van der Waals surface area contributed by atoms with E-state index in [0.717, 1.165) is 13.0 Å². The van der Waals surface area contributed by atoms with E-state index in [1.165, 1.54) is 18.2 Å². The van der Waals surface area contributed by atoms with Gasteiger partial charge in [0.15, 0.2) is 0 Å². The third-order valence-electron chi connectivity index (χ3n) is 4.10. The van der Waals surface area contributed by atoms with Crippen LogP contribution in [0.3, 0.4) is 0 Å². The summed E-state index contributed by atoms with van der Waals surface area (Å²) in [7, 11) is 1.46. The SMILES string of the molecule is COC(=O)[C@H]1CCN1C(c1ccccc1)c1ccccc1. The van der Waals surface area contributed by atoms with Crippen LogP contribution in [-0.2, 0) is 9.53 Å². The van der Waals surface area contributed by atoms with Crippen molar-refractivity contribution in [2.45, 2.75) is 18.5 Å². The summed E-state index contributed by atoms with van der Waals surface area (Å²) < 4.78 is 4.93. The molecule has 108 valence electrons. The molecule has 0 unspecified atom stereocenters. The third-order valence-corrected chi connectivity index (χ3v) is 4.10. The maximum absolute atomic E-state index is 11.9. The van der Waals surface area contributed by atoms with Crippen LogP contribution in [0, 0.1) is 0 Å². The molecule has 3 rings (SSSR count). The van der Waals surface area contributed by atoms with E-state index in [-0.39, 0.29) is 18.1 Å². The second-order valence-electron chi connectivity index (χ2n) is 5.29. The summed E-state index contributed by atoms with van der Waals surface area (Å²) in [4.78, 5) is 14.1. The van der Waals surface area contributed by atoms with Crippen molar-refractivity contribution in [3.05, 3.63) is 71.8 Å². The number of nitrogens with zero attached hydrogens (tertiary/aromatic N) is 1. The number of carbonyl (C=O) groups excluding carboxylic acids is 1. The van der Waals surface area contributed by atoms with Crippen LogP contribution in [0.2, 0.25) is 0 Å². The lowest BCUT2D eigenvalue weighted by Crippen LogP contribution is -2.54. The van der Waals surface area contributed by atoms with Crippen molar-refractivity contribution < 1.29 is 9.53 Å². The predicted molar refractivity (Wildman–Crippen MR) is 81.9 cm³/mol. The number of likely N-dealkylation sites (tertiary alicyclic amines) is 1. The molecule has 1 saturated heterocycles. The maximum atomic E-state index is 11.9. The van der Waals surface area contributed by atoms with Gasteiger partial charge in [-0.05, 0) is 17.5 Å². The van der Waals surface area contributed by atoms with Gasteiger partial charge < -0.3 is 4.74 Å². The topological polar surface area (TPSA) is 29.5 Å². The van der Waals surface area contributed by atoms with Crippen LogP contribution in [-0.4, -0.2) is 30.6 Å². The Labute approximate surface area is 125 Å². The van der Waals surface area contributed by atoms with Crippen LogP contribution in [0.25, 0.3) is 0 Å². The largest absolute Gasteiger partial charge is 0.468 e. The van der Waals surface area contributed by atoms with Crippen LogP contribution in [0.5, 0.6) is 0 Å². The first-order chi connectivity index (χ1) is 10.3. The second kappa shape index (κ2) is 6.10. The average Bonchev–Trinajstić information content (AvgIpc) is 2.52. The van der Waals surface area contributed by atoms with Gasteiger partial charge in [0.1, 0.15) is 6.04 Å². The van der Waals surface area contributed by atoms with Crippen molar-refractivity contribution in [1.29, 1.82) is 0 Å². The minimum absolute atomic E-state index is 0.102. The summed E-state index contributed by atoms with van der Waals surface area (Å²) in [6.45, 7) is 0.911. The average molecular weight is 281 g/mol. The molecule has 0 saturated carbocycles. The second-order valence-corrected chi connectivity index (χ2v) is 5.29. The molecule has 0 bridgehead atoms. The van der Waals surface area contributed by atoms with Gasteiger partial charge in [-0.15, -0.1) is 0 Å². The molecule has 0 spiro atoms. The molecule has 0 aliphatic carbocycles. The van der Waals surface area contributed by atoms with Crippen molar-refractivity contribution in [2.75, 3.05) is 13.7 Å². The van der Waals surface area contributed by atoms with Gasteiger partial charge in [0, 0.05) is 6.54 Å². The van der Waals surface area contributed by atoms with Crippen molar-refractivity contribution in [3.63, 3.8) is 0 Å². The first-order valence-electron chi connectivity index (χ1n) is 7.24. The van der Waals surface area contributed by atoms with E-state index in [9.17, 15) is 4.79 Å². The Hall–Kier alpha value is -2.13. The molecule has 1 aliphatic rings. The molecule has 2 aromatic carbocycles. The fourth-order valence-corrected chi connectivity index (χ4v) is 2.95. The van der Waals surface area contributed by atoms with Gasteiger partial charge in [-0.2, -0.15) is 0 Å². The number of rotatable bonds is 4. The van der Waals surface area contributed by atoms with E-state index < -0.39 is 0 Å². The highest BCUT2D eigenvalue weighted by atomic mass is 16.5. The highest BCUT2D eigenvalue weighted by Crippen LogP contribution is 2.35. The first kappa shape index (κ1) is 13.8. The summed E-state index contributed by atoms with van der Waals surface area (Å²) in [6.07, 6.45) is 0.864. The molecule has 21 heavy (non-hydrogen) atoms. The van der Waals surface area contributed by atoms with Crippen LogP contribution in [0.1, 0.15) is 23.6 Å². The number of ether oxygens (including phenoxy) is 1. The zero-order valence-electron chi connectivity index (χ0n) is 12.1. The van der Waals surface area contributed by atoms with Gasteiger partial charge in [-0.25, -0.2) is 0 Å². The lowest BCUT2D eigenvalue weighted by Gasteiger charge is -2.44. The number of hydrogen-bond donors (Lipinski definition) is 0. The summed E-state index contributed by atoms with van der Waals surface area (Å²) in [5, 5.41) is 0. The van der Waals surface area contributed by atoms with Gasteiger partial charge in [0.25, 0.3) is 0 Å². The summed E-state index contributed by atoms with van der Waals surface area (Å²) >= 11 is 0. The zero-order chi connectivity index (χ0) is 14.7. The van der Waals surface area contributed by atoms with Crippen molar-refractivity contribution in [1.82, 2.24) is 4.90 Å². The molecule has 0 amide bonds. The highest BCUT2D eigenvalue weighted by molar-refractivity contribution is 5.77. The number of carbonyl (C=O) groups is 1. The molecule has 0 radical (unpaired) electrons. The van der Waals surface area contributed by atoms with Crippen molar-refractivity contribution in [2.24, 2.45) is 0 Å². The van der Waals surface area contributed by atoms with E-state index in [2.05, 4.69) is 29.2 Å². The minimum atomic E-state index is -0.141. The van der Waals surface area contributed by atoms with Crippen LogP contribution >= 0.6 is 0 Å². The molecule has 2 aromatic rings. The fourth-order valence-electron chi connectivity index (χ4n) is 2.95. The Kier molecular flexibility index (Phi) is 4.02. The van der Waals surface area contributed by atoms with E-state index in [4.69, 9.17) is 4.74 Å². The molecule has 1 fully saturated rings. The number of benzene rings is 2. The lowest BCUT2D eigenvalue weighted by molar-refractivity contribution is -0.153. The van der Waals surface area contributed by atoms with E-state index in [1.807, 2.05) is 36.4 Å². The standard InChI is InChI=1S/C18H19NO2/c1-21-18(20)16-12-13-19(16)17(14-8-4-2-5-9-14)15-10-6-3-7-11-15/h2-11,16-17H,12-13H2,1H3/t16-/m1/s1. The lowest BCUT2D eigenvalue weighted by atomic mass is 9.90. The number of methoxy groups -OCH3 is 1. The highest BCUT2D eigenvalue weighted by Gasteiger charge is 2.40. The molecule has 0 aromatic heterocycles. The maximum Gasteiger partial charge on any atom is 0.323 e. The van der Waals surface area contributed by atoms with Crippen LogP contribution in [0.4, 0.5) is 0 Å². The summed E-state index contributed by atoms with van der Waals surface area (Å²) in [6, 6.07) is 20.6. The minimum Gasteiger partial charge on any atom is -0.468 e. The Morgan fingerprint density at radius 1 is 1.05 bits per heavy atom. The molecule has 1 heterocycles. The third kappa shape index (κ3) is 2.69. The monoisotopic (exact) mass is 281 g/mol. The fraction of sp³-hybridized carbons (Fsp3) is 0.278. The van der Waals surface area contributed by atoms with Crippen LogP contribution in [0.15, 0.2) is 60.7 Å². The molecule has 0 N–H and O–H groups in total. The number of hydrogen-bond acceptors (Lipinski definition) is 3. The van der Waals surface area contributed by atoms with E-state index >= 15 is 0 Å². The molecule has 1 aliphatic heterocycles. The molecule has 3 nitrogen and oxygen atoms in total. The summed E-state index contributed by atoms with van der Waals surface area (Å²) in [5.41, 5.74) is 2.41. The normalized spacial score (nSPS) is 18.3. The Balaban J connectivity index is 1.96. The first-order valence-corrected chi connectivity index (χ1v) is 7.24. The van der Waals surface area contributed by atoms with Gasteiger partial charge in [0.2, 0.25) is 0 Å². The van der Waals surface area contributed by atoms with Crippen LogP contribution < -0.4 is 0 Å². The molecular formula is C18H19NO2. The molecular weight excluding hydrogens is 262 g/mol. The van der Waals surface area contributed by atoms with Gasteiger partial charge >= 0.3 is 5.97 Å². The van der Waals surface area contributed by atoms with Crippen molar-refractivity contribution in [3.8, 4) is 0 Å². The summed E-state index contributed by atoms with van der Waals surface area (Å²) in [5.74, 6) is -0.141. The van der Waals surface area contributed by atoms with Gasteiger partial charge in [-0.3, -0.25) is 9.69 Å². The Bertz CT molecular complexity index is 558. The number of esters is 1. The van der Waals surface area contributed by atoms with E-state index in [1.54, 1.807) is 0 Å². The predicted octanol–water partition coefficient (Wildman–Crippen LogP) is 3.02. The van der Waals surface area contributed by atoms with Gasteiger partial charge in [-0.1, -0.05) is 60.7 Å². The molecule has 3 heteroatoms. The quantitative estimate of drug-likeness (QED) is 0.807.